The van der Waals surface area contributed by atoms with Crippen LogP contribution in [0.15, 0.2) is 61.3 Å². The van der Waals surface area contributed by atoms with Gasteiger partial charge in [0.1, 0.15) is 0 Å². The van der Waals surface area contributed by atoms with Crippen molar-refractivity contribution in [3.8, 4) is 22.4 Å². The SMILES string of the molecule is O=C(O)c1cc(-c2ccncc2)cnc1-c1ccncc1. The second-order valence-corrected chi connectivity index (χ2v) is 4.40. The van der Waals surface area contributed by atoms with Crippen molar-refractivity contribution in [2.24, 2.45) is 0 Å². The predicted octanol–water partition coefficient (Wildman–Crippen LogP) is 2.90. The largest absolute Gasteiger partial charge is 0.478 e. The van der Waals surface area contributed by atoms with Crippen LogP contribution in [0.5, 0.6) is 0 Å². The summed E-state index contributed by atoms with van der Waals surface area (Å²) in [4.78, 5) is 23.7. The molecule has 0 amide bonds. The number of carboxylic acids is 1. The van der Waals surface area contributed by atoms with Gasteiger partial charge >= 0.3 is 5.97 Å². The van der Waals surface area contributed by atoms with E-state index in [4.69, 9.17) is 0 Å². The Morgan fingerprint density at radius 3 is 2.00 bits per heavy atom. The molecule has 0 fully saturated rings. The lowest BCUT2D eigenvalue weighted by Crippen LogP contribution is -2.02. The van der Waals surface area contributed by atoms with Crippen LogP contribution < -0.4 is 0 Å². The molecule has 5 heteroatoms. The van der Waals surface area contributed by atoms with E-state index in [2.05, 4.69) is 15.0 Å². The van der Waals surface area contributed by atoms with Gasteiger partial charge in [0.15, 0.2) is 0 Å². The molecule has 0 aliphatic heterocycles. The first kappa shape index (κ1) is 12.9. The first-order valence-electron chi connectivity index (χ1n) is 6.30. The molecule has 5 nitrogen and oxygen atoms in total. The summed E-state index contributed by atoms with van der Waals surface area (Å²) in [5, 5.41) is 9.43. The van der Waals surface area contributed by atoms with Crippen LogP contribution in [-0.2, 0) is 0 Å². The smallest absolute Gasteiger partial charge is 0.337 e. The number of rotatable bonds is 3. The highest BCUT2D eigenvalue weighted by atomic mass is 16.4. The third kappa shape index (κ3) is 2.62. The van der Waals surface area contributed by atoms with Crippen LogP contribution in [0.1, 0.15) is 10.4 Å². The van der Waals surface area contributed by atoms with E-state index in [1.807, 2.05) is 12.1 Å². The minimum atomic E-state index is -1.01. The van der Waals surface area contributed by atoms with Crippen molar-refractivity contribution < 1.29 is 9.90 Å². The van der Waals surface area contributed by atoms with Crippen molar-refractivity contribution in [2.45, 2.75) is 0 Å². The zero-order valence-electron chi connectivity index (χ0n) is 11.0. The van der Waals surface area contributed by atoms with E-state index in [-0.39, 0.29) is 5.56 Å². The maximum atomic E-state index is 11.5. The summed E-state index contributed by atoms with van der Waals surface area (Å²) in [6, 6.07) is 8.73. The summed E-state index contributed by atoms with van der Waals surface area (Å²) in [7, 11) is 0. The molecule has 3 aromatic heterocycles. The topological polar surface area (TPSA) is 76.0 Å². The minimum Gasteiger partial charge on any atom is -0.478 e. The monoisotopic (exact) mass is 277 g/mol. The number of hydrogen-bond acceptors (Lipinski definition) is 4. The zero-order valence-corrected chi connectivity index (χ0v) is 11.0. The molecule has 0 spiro atoms. The fourth-order valence-corrected chi connectivity index (χ4v) is 2.07. The van der Waals surface area contributed by atoms with Gasteiger partial charge in [0.05, 0.1) is 11.3 Å². The normalized spacial score (nSPS) is 10.3. The summed E-state index contributed by atoms with van der Waals surface area (Å²) in [5.41, 5.74) is 2.94. The first-order valence-corrected chi connectivity index (χ1v) is 6.30. The molecule has 0 aliphatic rings. The van der Waals surface area contributed by atoms with Gasteiger partial charge in [-0.3, -0.25) is 15.0 Å². The maximum Gasteiger partial charge on any atom is 0.337 e. The number of nitrogens with zero attached hydrogens (tertiary/aromatic N) is 3. The quantitative estimate of drug-likeness (QED) is 0.796. The van der Waals surface area contributed by atoms with Crippen molar-refractivity contribution in [3.63, 3.8) is 0 Å². The van der Waals surface area contributed by atoms with E-state index < -0.39 is 5.97 Å². The van der Waals surface area contributed by atoms with Crippen molar-refractivity contribution >= 4 is 5.97 Å². The van der Waals surface area contributed by atoms with Gasteiger partial charge in [-0.25, -0.2) is 4.79 Å². The lowest BCUT2D eigenvalue weighted by Gasteiger charge is -2.08. The van der Waals surface area contributed by atoms with Gasteiger partial charge < -0.3 is 5.11 Å². The van der Waals surface area contributed by atoms with Crippen LogP contribution in [0, 0.1) is 0 Å². The Balaban J connectivity index is 2.14. The van der Waals surface area contributed by atoms with Crippen molar-refractivity contribution in [3.05, 3.63) is 66.9 Å². The van der Waals surface area contributed by atoms with E-state index in [0.717, 1.165) is 16.7 Å². The fraction of sp³-hybridized carbons (Fsp3) is 0. The Morgan fingerprint density at radius 1 is 0.857 bits per heavy atom. The second-order valence-electron chi connectivity index (χ2n) is 4.40. The van der Waals surface area contributed by atoms with Crippen LogP contribution in [0.2, 0.25) is 0 Å². The molecule has 0 saturated carbocycles. The predicted molar refractivity (Wildman–Crippen MR) is 77.7 cm³/mol. The molecule has 0 aromatic carbocycles. The van der Waals surface area contributed by atoms with Crippen LogP contribution in [0.4, 0.5) is 0 Å². The molecule has 0 bridgehead atoms. The Hall–Kier alpha value is -3.08. The number of aromatic carboxylic acids is 1. The number of carbonyl (C=O) groups is 1. The highest BCUT2D eigenvalue weighted by Crippen LogP contribution is 2.26. The third-order valence-corrected chi connectivity index (χ3v) is 3.09. The van der Waals surface area contributed by atoms with E-state index >= 15 is 0 Å². The number of pyridine rings is 3. The zero-order chi connectivity index (χ0) is 14.7. The van der Waals surface area contributed by atoms with Gasteiger partial charge in [-0.1, -0.05) is 0 Å². The molecule has 102 valence electrons. The summed E-state index contributed by atoms with van der Waals surface area (Å²) >= 11 is 0. The van der Waals surface area contributed by atoms with E-state index in [9.17, 15) is 9.90 Å². The molecule has 0 atom stereocenters. The summed E-state index contributed by atoms with van der Waals surface area (Å²) < 4.78 is 0. The Bertz CT molecular complexity index is 774. The Morgan fingerprint density at radius 2 is 1.43 bits per heavy atom. The van der Waals surface area contributed by atoms with Gasteiger partial charge in [-0.15, -0.1) is 0 Å². The van der Waals surface area contributed by atoms with Crippen LogP contribution in [0.25, 0.3) is 22.4 Å². The molecule has 3 aromatic rings. The van der Waals surface area contributed by atoms with Gasteiger partial charge in [-0.05, 0) is 35.9 Å². The third-order valence-electron chi connectivity index (χ3n) is 3.09. The molecule has 0 unspecified atom stereocenters. The highest BCUT2D eigenvalue weighted by molar-refractivity contribution is 5.96. The lowest BCUT2D eigenvalue weighted by atomic mass is 10.0. The summed E-state index contributed by atoms with van der Waals surface area (Å²) in [6.45, 7) is 0. The average molecular weight is 277 g/mol. The number of hydrogen-bond donors (Lipinski definition) is 1. The van der Waals surface area contributed by atoms with Crippen LogP contribution in [-0.4, -0.2) is 26.0 Å². The molecule has 21 heavy (non-hydrogen) atoms. The van der Waals surface area contributed by atoms with Gasteiger partial charge in [0, 0.05) is 42.1 Å². The lowest BCUT2D eigenvalue weighted by molar-refractivity contribution is 0.0697. The Kier molecular flexibility index (Phi) is 3.39. The van der Waals surface area contributed by atoms with E-state index in [1.165, 1.54) is 0 Å². The molecular formula is C16H11N3O2. The first-order chi connectivity index (χ1) is 10.3. The fourth-order valence-electron chi connectivity index (χ4n) is 2.07. The number of aromatic nitrogens is 3. The highest BCUT2D eigenvalue weighted by Gasteiger charge is 2.14. The van der Waals surface area contributed by atoms with Crippen molar-refractivity contribution in [2.75, 3.05) is 0 Å². The second kappa shape index (κ2) is 5.50. The molecule has 0 radical (unpaired) electrons. The molecule has 1 N–H and O–H groups in total. The molecule has 3 rings (SSSR count). The molecular weight excluding hydrogens is 266 g/mol. The van der Waals surface area contributed by atoms with Gasteiger partial charge in [0.2, 0.25) is 0 Å². The summed E-state index contributed by atoms with van der Waals surface area (Å²) in [5.74, 6) is -1.01. The average Bonchev–Trinajstić information content (AvgIpc) is 2.56. The molecule has 0 aliphatic carbocycles. The van der Waals surface area contributed by atoms with Gasteiger partial charge in [-0.2, -0.15) is 0 Å². The Labute approximate surface area is 121 Å². The van der Waals surface area contributed by atoms with E-state index in [0.29, 0.717) is 5.69 Å². The number of carboxylic acid groups (broad SMARTS) is 1. The summed E-state index contributed by atoms with van der Waals surface area (Å²) in [6.07, 6.45) is 8.20. The van der Waals surface area contributed by atoms with E-state index in [1.54, 1.807) is 49.2 Å². The van der Waals surface area contributed by atoms with Crippen LogP contribution >= 0.6 is 0 Å². The van der Waals surface area contributed by atoms with Gasteiger partial charge in [0.25, 0.3) is 0 Å². The molecule has 3 heterocycles. The van der Waals surface area contributed by atoms with Crippen molar-refractivity contribution in [1.29, 1.82) is 0 Å². The standard InChI is InChI=1S/C16H11N3O2/c20-16(21)14-9-13(11-1-5-17-6-2-11)10-19-15(14)12-3-7-18-8-4-12/h1-10H,(H,20,21). The maximum absolute atomic E-state index is 11.5. The minimum absolute atomic E-state index is 0.163. The molecule has 0 saturated heterocycles. The van der Waals surface area contributed by atoms with Crippen molar-refractivity contribution in [1.82, 2.24) is 15.0 Å². The van der Waals surface area contributed by atoms with Crippen LogP contribution in [0.3, 0.4) is 0 Å².